The van der Waals surface area contributed by atoms with Crippen LogP contribution in [-0.4, -0.2) is 68.6 Å². The summed E-state index contributed by atoms with van der Waals surface area (Å²) >= 11 is 0. The van der Waals surface area contributed by atoms with Crippen molar-refractivity contribution in [3.05, 3.63) is 65.1 Å². The zero-order valence-electron chi connectivity index (χ0n) is 16.8. The Balaban J connectivity index is 1.31. The second-order valence-corrected chi connectivity index (χ2v) is 7.85. The van der Waals surface area contributed by atoms with E-state index < -0.39 is 6.10 Å². The molecule has 4 heterocycles. The van der Waals surface area contributed by atoms with Gasteiger partial charge in [0.15, 0.2) is 11.8 Å². The lowest BCUT2D eigenvalue weighted by Crippen LogP contribution is -2.53. The number of rotatable bonds is 2. The van der Waals surface area contributed by atoms with Crippen molar-refractivity contribution in [2.45, 2.75) is 26.0 Å². The molecule has 0 radical (unpaired) electrons. The van der Waals surface area contributed by atoms with Crippen molar-refractivity contribution in [2.24, 2.45) is 0 Å². The van der Waals surface area contributed by atoms with Crippen LogP contribution in [0.2, 0.25) is 0 Å². The molecule has 1 aromatic carbocycles. The number of ether oxygens (including phenoxy) is 1. The van der Waals surface area contributed by atoms with Crippen LogP contribution in [0.25, 0.3) is 5.65 Å². The molecule has 30 heavy (non-hydrogen) atoms. The van der Waals surface area contributed by atoms with Gasteiger partial charge in [0.1, 0.15) is 5.56 Å². The first-order valence-electron chi connectivity index (χ1n) is 10.2. The molecule has 0 aliphatic carbocycles. The SMILES string of the molecule is Cc1cnc2c(C(=O)N3CCO[C@@H](C(=O)N4CCc5ccccc5C4)C3)cnn2c1. The molecule has 0 unspecified atom stereocenters. The third-order valence-corrected chi connectivity index (χ3v) is 5.79. The van der Waals surface area contributed by atoms with E-state index in [9.17, 15) is 9.59 Å². The molecular weight excluding hydrogens is 382 g/mol. The first-order valence-corrected chi connectivity index (χ1v) is 10.2. The highest BCUT2D eigenvalue weighted by Gasteiger charge is 2.34. The van der Waals surface area contributed by atoms with E-state index in [4.69, 9.17) is 4.74 Å². The minimum Gasteiger partial charge on any atom is -0.365 e. The van der Waals surface area contributed by atoms with E-state index in [0.29, 0.717) is 37.5 Å². The molecule has 0 spiro atoms. The number of morpholine rings is 1. The molecule has 3 aromatic rings. The molecule has 8 nitrogen and oxygen atoms in total. The number of nitrogens with zero attached hydrogens (tertiary/aromatic N) is 5. The second-order valence-electron chi connectivity index (χ2n) is 7.85. The molecule has 0 bridgehead atoms. The van der Waals surface area contributed by atoms with Crippen LogP contribution in [0.4, 0.5) is 0 Å². The average Bonchev–Trinajstić information content (AvgIpc) is 3.20. The Bertz CT molecular complexity index is 1120. The van der Waals surface area contributed by atoms with Gasteiger partial charge < -0.3 is 14.5 Å². The van der Waals surface area contributed by atoms with Gasteiger partial charge in [0.25, 0.3) is 11.8 Å². The minimum atomic E-state index is -0.648. The highest BCUT2D eigenvalue weighted by atomic mass is 16.5. The predicted octanol–water partition coefficient (Wildman–Crippen LogP) is 1.46. The molecule has 5 rings (SSSR count). The largest absolute Gasteiger partial charge is 0.365 e. The summed E-state index contributed by atoms with van der Waals surface area (Å²) in [4.78, 5) is 34.1. The van der Waals surface area contributed by atoms with Gasteiger partial charge in [0, 0.05) is 32.0 Å². The van der Waals surface area contributed by atoms with Crippen molar-refractivity contribution < 1.29 is 14.3 Å². The van der Waals surface area contributed by atoms with Gasteiger partial charge in [-0.05, 0) is 30.0 Å². The maximum absolute atomic E-state index is 13.1. The van der Waals surface area contributed by atoms with E-state index in [-0.39, 0.29) is 18.4 Å². The summed E-state index contributed by atoms with van der Waals surface area (Å²) in [5.74, 6) is -0.234. The zero-order chi connectivity index (χ0) is 20.7. The molecule has 1 saturated heterocycles. The summed E-state index contributed by atoms with van der Waals surface area (Å²) in [6.07, 6.45) is 5.28. The van der Waals surface area contributed by atoms with Crippen molar-refractivity contribution in [3.8, 4) is 0 Å². The van der Waals surface area contributed by atoms with Crippen LogP contribution in [0.3, 0.4) is 0 Å². The highest BCUT2D eigenvalue weighted by Crippen LogP contribution is 2.21. The van der Waals surface area contributed by atoms with Crippen LogP contribution in [0.5, 0.6) is 0 Å². The number of carbonyl (C=O) groups excluding carboxylic acids is 2. The fraction of sp³-hybridized carbons (Fsp3) is 0.364. The first kappa shape index (κ1) is 18.7. The van der Waals surface area contributed by atoms with Gasteiger partial charge >= 0.3 is 0 Å². The number of hydrogen-bond acceptors (Lipinski definition) is 5. The Kier molecular flexibility index (Phi) is 4.71. The van der Waals surface area contributed by atoms with Crippen molar-refractivity contribution in [1.29, 1.82) is 0 Å². The lowest BCUT2D eigenvalue weighted by atomic mass is 9.99. The Morgan fingerprint density at radius 1 is 1.10 bits per heavy atom. The number of carbonyl (C=O) groups is 2. The van der Waals surface area contributed by atoms with Crippen LogP contribution < -0.4 is 0 Å². The van der Waals surface area contributed by atoms with Gasteiger partial charge in [-0.15, -0.1) is 0 Å². The standard InChI is InChI=1S/C22H23N5O3/c1-15-10-23-20-18(11-24-27(20)12-15)21(28)26-8-9-30-19(14-26)22(29)25-7-6-16-4-2-3-5-17(16)13-25/h2-5,10-12,19H,6-9,13-14H2,1H3/t19-/m1/s1. The van der Waals surface area contributed by atoms with Gasteiger partial charge in [0.05, 0.1) is 19.3 Å². The van der Waals surface area contributed by atoms with E-state index in [1.807, 2.05) is 30.2 Å². The molecule has 2 aliphatic rings. The fourth-order valence-electron chi connectivity index (χ4n) is 4.16. The van der Waals surface area contributed by atoms with Crippen molar-refractivity contribution in [1.82, 2.24) is 24.4 Å². The van der Waals surface area contributed by atoms with Gasteiger partial charge in [-0.3, -0.25) is 9.59 Å². The average molecular weight is 405 g/mol. The first-order chi connectivity index (χ1) is 14.6. The van der Waals surface area contributed by atoms with Gasteiger partial charge in [-0.2, -0.15) is 5.10 Å². The lowest BCUT2D eigenvalue weighted by Gasteiger charge is -2.36. The van der Waals surface area contributed by atoms with E-state index in [2.05, 4.69) is 22.2 Å². The third kappa shape index (κ3) is 3.33. The lowest BCUT2D eigenvalue weighted by molar-refractivity contribution is -0.149. The van der Waals surface area contributed by atoms with Crippen molar-refractivity contribution in [3.63, 3.8) is 0 Å². The summed E-state index contributed by atoms with van der Waals surface area (Å²) in [6, 6.07) is 8.20. The molecule has 1 fully saturated rings. The summed E-state index contributed by atoms with van der Waals surface area (Å²) in [5.41, 5.74) is 4.39. The van der Waals surface area contributed by atoms with E-state index in [1.165, 1.54) is 17.3 Å². The molecule has 0 N–H and O–H groups in total. The molecule has 8 heteroatoms. The normalized spacial score (nSPS) is 19.0. The zero-order valence-corrected chi connectivity index (χ0v) is 16.8. The number of aromatic nitrogens is 3. The maximum Gasteiger partial charge on any atom is 0.259 e. The minimum absolute atomic E-state index is 0.0596. The number of aryl methyl sites for hydroxylation is 1. The van der Waals surface area contributed by atoms with Crippen LogP contribution in [0.1, 0.15) is 27.0 Å². The topological polar surface area (TPSA) is 80.0 Å². The van der Waals surface area contributed by atoms with E-state index in [1.54, 1.807) is 15.6 Å². The van der Waals surface area contributed by atoms with Crippen molar-refractivity contribution in [2.75, 3.05) is 26.2 Å². The molecule has 0 saturated carbocycles. The number of amides is 2. The monoisotopic (exact) mass is 405 g/mol. The van der Waals surface area contributed by atoms with Gasteiger partial charge in [-0.25, -0.2) is 9.50 Å². The Morgan fingerprint density at radius 3 is 2.80 bits per heavy atom. The van der Waals surface area contributed by atoms with Gasteiger partial charge in [-0.1, -0.05) is 24.3 Å². The third-order valence-electron chi connectivity index (χ3n) is 5.79. The fourth-order valence-corrected chi connectivity index (χ4v) is 4.16. The Morgan fingerprint density at radius 2 is 1.93 bits per heavy atom. The second kappa shape index (κ2) is 7.53. The molecule has 154 valence electrons. The summed E-state index contributed by atoms with van der Waals surface area (Å²) in [6.45, 7) is 4.18. The summed E-state index contributed by atoms with van der Waals surface area (Å²) < 4.78 is 7.37. The summed E-state index contributed by atoms with van der Waals surface area (Å²) in [5, 5.41) is 4.24. The Hall–Kier alpha value is -3.26. The number of benzene rings is 1. The Labute approximate surface area is 174 Å². The maximum atomic E-state index is 13.1. The summed E-state index contributed by atoms with van der Waals surface area (Å²) in [7, 11) is 0. The smallest absolute Gasteiger partial charge is 0.259 e. The number of fused-ring (bicyclic) bond motifs is 2. The molecule has 2 amide bonds. The quantitative estimate of drug-likeness (QED) is 0.645. The van der Waals surface area contributed by atoms with Crippen LogP contribution >= 0.6 is 0 Å². The highest BCUT2D eigenvalue weighted by molar-refractivity contribution is 6.00. The van der Waals surface area contributed by atoms with E-state index in [0.717, 1.165) is 12.0 Å². The molecule has 1 atom stereocenters. The van der Waals surface area contributed by atoms with Crippen LogP contribution in [0, 0.1) is 6.92 Å². The van der Waals surface area contributed by atoms with Crippen LogP contribution in [-0.2, 0) is 22.5 Å². The van der Waals surface area contributed by atoms with Crippen LogP contribution in [0.15, 0.2) is 42.9 Å². The molecule has 2 aromatic heterocycles. The predicted molar refractivity (Wildman–Crippen MR) is 109 cm³/mol. The van der Waals surface area contributed by atoms with Gasteiger partial charge in [0.2, 0.25) is 0 Å². The molecule has 2 aliphatic heterocycles. The van der Waals surface area contributed by atoms with E-state index >= 15 is 0 Å². The molecular formula is C22H23N5O3. The number of hydrogen-bond donors (Lipinski definition) is 0. The van der Waals surface area contributed by atoms with Crippen molar-refractivity contribution >= 4 is 17.5 Å².